The number of nitrogens with zero attached hydrogens (tertiary/aromatic N) is 1. The summed E-state index contributed by atoms with van der Waals surface area (Å²) in [5.41, 5.74) is 0. The van der Waals surface area contributed by atoms with Crippen molar-refractivity contribution in [2.24, 2.45) is 11.8 Å². The molecule has 86 valence electrons. The normalized spacial score (nSPS) is 29.5. The van der Waals surface area contributed by atoms with E-state index in [0.29, 0.717) is 17.6 Å². The fraction of sp³-hybridized carbons (Fsp3) is 0.917. The summed E-state index contributed by atoms with van der Waals surface area (Å²) >= 11 is 0. The average Bonchev–Trinajstić information content (AvgIpc) is 2.71. The van der Waals surface area contributed by atoms with Crippen molar-refractivity contribution in [2.75, 3.05) is 33.2 Å². The van der Waals surface area contributed by atoms with Crippen LogP contribution in [0.5, 0.6) is 0 Å². The molecule has 0 saturated carbocycles. The van der Waals surface area contributed by atoms with Crippen LogP contribution >= 0.6 is 0 Å². The zero-order chi connectivity index (χ0) is 10.7. The van der Waals surface area contributed by atoms with Gasteiger partial charge in [-0.05, 0) is 58.4 Å². The molecule has 0 aliphatic carbocycles. The van der Waals surface area contributed by atoms with Gasteiger partial charge in [-0.3, -0.25) is 4.79 Å². The second-order valence-corrected chi connectivity index (χ2v) is 5.11. The van der Waals surface area contributed by atoms with Crippen molar-refractivity contribution in [1.82, 2.24) is 10.2 Å². The molecule has 0 bridgehead atoms. The smallest absolute Gasteiger partial charge is 0.136 e. The molecule has 0 spiro atoms. The molecule has 2 rings (SSSR count). The van der Waals surface area contributed by atoms with Crippen molar-refractivity contribution in [3.8, 4) is 0 Å². The maximum absolute atomic E-state index is 12.0. The van der Waals surface area contributed by atoms with Crippen molar-refractivity contribution in [3.05, 3.63) is 0 Å². The molecule has 2 aliphatic rings. The lowest BCUT2D eigenvalue weighted by Crippen LogP contribution is -2.34. The SMILES string of the molecule is CN1CCC(C(=O)CC2CCNC2)CC1. The van der Waals surface area contributed by atoms with Gasteiger partial charge in [0.25, 0.3) is 0 Å². The highest BCUT2D eigenvalue weighted by Gasteiger charge is 2.26. The van der Waals surface area contributed by atoms with Crippen LogP contribution in [0.4, 0.5) is 0 Å². The quantitative estimate of drug-likeness (QED) is 0.751. The van der Waals surface area contributed by atoms with Crippen molar-refractivity contribution in [3.63, 3.8) is 0 Å². The number of carbonyl (C=O) groups is 1. The highest BCUT2D eigenvalue weighted by Crippen LogP contribution is 2.22. The molecule has 1 unspecified atom stereocenters. The lowest BCUT2D eigenvalue weighted by atomic mass is 9.87. The van der Waals surface area contributed by atoms with Crippen LogP contribution in [0, 0.1) is 11.8 Å². The van der Waals surface area contributed by atoms with Gasteiger partial charge >= 0.3 is 0 Å². The number of carbonyl (C=O) groups excluding carboxylic acids is 1. The van der Waals surface area contributed by atoms with Crippen molar-refractivity contribution >= 4 is 5.78 Å². The Kier molecular flexibility index (Phi) is 3.76. The highest BCUT2D eigenvalue weighted by atomic mass is 16.1. The van der Waals surface area contributed by atoms with Crippen LogP contribution in [0.2, 0.25) is 0 Å². The molecule has 2 saturated heterocycles. The van der Waals surface area contributed by atoms with E-state index in [1.807, 2.05) is 0 Å². The summed E-state index contributed by atoms with van der Waals surface area (Å²) in [7, 11) is 2.14. The minimum atomic E-state index is 0.363. The van der Waals surface area contributed by atoms with Crippen molar-refractivity contribution in [1.29, 1.82) is 0 Å². The van der Waals surface area contributed by atoms with Gasteiger partial charge in [-0.1, -0.05) is 0 Å². The van der Waals surface area contributed by atoms with Crippen LogP contribution in [-0.2, 0) is 4.79 Å². The molecule has 0 amide bonds. The molecule has 3 nitrogen and oxygen atoms in total. The third-order valence-electron chi connectivity index (χ3n) is 3.83. The van der Waals surface area contributed by atoms with Crippen LogP contribution in [0.15, 0.2) is 0 Å². The number of rotatable bonds is 3. The molecule has 2 fully saturated rings. The predicted octanol–water partition coefficient (Wildman–Crippen LogP) is 0.897. The van der Waals surface area contributed by atoms with Crippen LogP contribution in [-0.4, -0.2) is 43.9 Å². The van der Waals surface area contributed by atoms with E-state index in [9.17, 15) is 4.79 Å². The van der Waals surface area contributed by atoms with Crippen LogP contribution in [0.3, 0.4) is 0 Å². The number of Topliss-reactive ketones (excluding diaryl/α,β-unsaturated/α-hetero) is 1. The van der Waals surface area contributed by atoms with Gasteiger partial charge in [0.1, 0.15) is 5.78 Å². The summed E-state index contributed by atoms with van der Waals surface area (Å²) < 4.78 is 0. The molecule has 0 aromatic carbocycles. The first-order valence-electron chi connectivity index (χ1n) is 6.17. The Hall–Kier alpha value is -0.410. The van der Waals surface area contributed by atoms with Gasteiger partial charge in [-0.15, -0.1) is 0 Å². The van der Waals surface area contributed by atoms with Gasteiger partial charge in [0.05, 0.1) is 0 Å². The first-order valence-corrected chi connectivity index (χ1v) is 6.17. The Morgan fingerprint density at radius 2 is 2.07 bits per heavy atom. The first kappa shape index (κ1) is 11.1. The Morgan fingerprint density at radius 1 is 1.33 bits per heavy atom. The molecule has 0 radical (unpaired) electrons. The van der Waals surface area contributed by atoms with Crippen LogP contribution < -0.4 is 5.32 Å². The Bertz CT molecular complexity index is 216. The van der Waals surface area contributed by atoms with E-state index in [0.717, 1.165) is 45.4 Å². The molecule has 1 atom stereocenters. The second-order valence-electron chi connectivity index (χ2n) is 5.11. The summed E-state index contributed by atoms with van der Waals surface area (Å²) in [5.74, 6) is 1.51. The van der Waals surface area contributed by atoms with Gasteiger partial charge in [-0.2, -0.15) is 0 Å². The fourth-order valence-corrected chi connectivity index (χ4v) is 2.67. The van der Waals surface area contributed by atoms with E-state index in [2.05, 4.69) is 17.3 Å². The third-order valence-corrected chi connectivity index (χ3v) is 3.83. The number of nitrogens with one attached hydrogen (secondary N) is 1. The average molecular weight is 210 g/mol. The highest BCUT2D eigenvalue weighted by molar-refractivity contribution is 5.81. The molecular formula is C12H22N2O. The Morgan fingerprint density at radius 3 is 2.67 bits per heavy atom. The Balaban J connectivity index is 1.75. The van der Waals surface area contributed by atoms with Gasteiger partial charge in [-0.25, -0.2) is 0 Å². The van der Waals surface area contributed by atoms with E-state index >= 15 is 0 Å². The van der Waals surface area contributed by atoms with E-state index in [1.165, 1.54) is 6.42 Å². The molecular weight excluding hydrogens is 188 g/mol. The molecule has 2 heterocycles. The minimum absolute atomic E-state index is 0.363. The Labute approximate surface area is 92.2 Å². The summed E-state index contributed by atoms with van der Waals surface area (Å²) in [5, 5.41) is 3.33. The summed E-state index contributed by atoms with van der Waals surface area (Å²) in [6.07, 6.45) is 4.17. The van der Waals surface area contributed by atoms with E-state index in [1.54, 1.807) is 0 Å². The monoisotopic (exact) mass is 210 g/mol. The zero-order valence-corrected chi connectivity index (χ0v) is 9.67. The summed E-state index contributed by atoms with van der Waals surface area (Å²) in [6.45, 7) is 4.35. The number of piperidine rings is 1. The topological polar surface area (TPSA) is 32.3 Å². The first-order chi connectivity index (χ1) is 7.25. The maximum Gasteiger partial charge on any atom is 0.136 e. The zero-order valence-electron chi connectivity index (χ0n) is 9.67. The molecule has 0 aromatic heterocycles. The fourth-order valence-electron chi connectivity index (χ4n) is 2.67. The number of hydrogen-bond acceptors (Lipinski definition) is 3. The molecule has 15 heavy (non-hydrogen) atoms. The standard InChI is InChI=1S/C12H22N2O/c1-14-6-3-11(4-7-14)12(15)8-10-2-5-13-9-10/h10-11,13H,2-9H2,1H3. The second kappa shape index (κ2) is 5.08. The number of likely N-dealkylation sites (tertiary alicyclic amines) is 1. The maximum atomic E-state index is 12.0. The number of hydrogen-bond donors (Lipinski definition) is 1. The molecule has 1 N–H and O–H groups in total. The third kappa shape index (κ3) is 3.02. The molecule has 0 aromatic rings. The van der Waals surface area contributed by atoms with E-state index < -0.39 is 0 Å². The van der Waals surface area contributed by atoms with E-state index in [-0.39, 0.29) is 0 Å². The molecule has 2 aliphatic heterocycles. The van der Waals surface area contributed by atoms with Crippen molar-refractivity contribution in [2.45, 2.75) is 25.7 Å². The largest absolute Gasteiger partial charge is 0.316 e. The van der Waals surface area contributed by atoms with Crippen molar-refractivity contribution < 1.29 is 4.79 Å². The van der Waals surface area contributed by atoms with Gasteiger partial charge in [0.15, 0.2) is 0 Å². The minimum Gasteiger partial charge on any atom is -0.316 e. The molecule has 3 heteroatoms. The van der Waals surface area contributed by atoms with E-state index in [4.69, 9.17) is 0 Å². The lowest BCUT2D eigenvalue weighted by Gasteiger charge is -2.28. The van der Waals surface area contributed by atoms with Crippen LogP contribution in [0.25, 0.3) is 0 Å². The summed E-state index contributed by atoms with van der Waals surface area (Å²) in [6, 6.07) is 0. The summed E-state index contributed by atoms with van der Waals surface area (Å²) in [4.78, 5) is 14.3. The predicted molar refractivity (Wildman–Crippen MR) is 60.8 cm³/mol. The van der Waals surface area contributed by atoms with Gasteiger partial charge < -0.3 is 10.2 Å². The van der Waals surface area contributed by atoms with Gasteiger partial charge in [0, 0.05) is 12.3 Å². The number of ketones is 1. The van der Waals surface area contributed by atoms with Crippen LogP contribution in [0.1, 0.15) is 25.7 Å². The lowest BCUT2D eigenvalue weighted by molar-refractivity contribution is -0.125. The van der Waals surface area contributed by atoms with Gasteiger partial charge in [0.2, 0.25) is 0 Å².